The molecule has 0 radical (unpaired) electrons. The van der Waals surface area contributed by atoms with Gasteiger partial charge >= 0.3 is 0 Å². The van der Waals surface area contributed by atoms with Crippen LogP contribution in [0.2, 0.25) is 0 Å². The van der Waals surface area contributed by atoms with Crippen molar-refractivity contribution in [2.75, 3.05) is 25.1 Å². The van der Waals surface area contributed by atoms with E-state index in [0.717, 1.165) is 29.1 Å². The number of thiazole rings is 1. The van der Waals surface area contributed by atoms with E-state index in [0.29, 0.717) is 18.8 Å². The normalized spacial score (nSPS) is 14.2. The van der Waals surface area contributed by atoms with Gasteiger partial charge < -0.3 is 4.90 Å². The molecule has 32 heavy (non-hydrogen) atoms. The highest BCUT2D eigenvalue weighted by molar-refractivity contribution is 7.09. The summed E-state index contributed by atoms with van der Waals surface area (Å²) in [5, 5.41) is 4.39. The number of piperidine rings is 1. The molecule has 6 nitrogen and oxygen atoms in total. The standard InChI is InChI=1S/C24H25FN4O2S/c1-28(20-5-3-2-4-6-20)27-23(31)21-16-32-24(26-21)18-11-13-29(14-12-18)22(30)15-17-7-9-19(25)10-8-17/h2-10,16,18H,11-15H2,1H3,(H,27,31). The van der Waals surface area contributed by atoms with Gasteiger partial charge in [0.25, 0.3) is 5.91 Å². The Kier molecular flexibility index (Phi) is 6.80. The highest BCUT2D eigenvalue weighted by atomic mass is 32.1. The number of amides is 2. The number of nitrogens with one attached hydrogen (secondary N) is 1. The van der Waals surface area contributed by atoms with E-state index in [1.807, 2.05) is 35.2 Å². The maximum atomic E-state index is 13.0. The van der Waals surface area contributed by atoms with Gasteiger partial charge in [-0.15, -0.1) is 11.3 Å². The fourth-order valence-electron chi connectivity index (χ4n) is 3.77. The van der Waals surface area contributed by atoms with Crippen LogP contribution in [0.4, 0.5) is 10.1 Å². The van der Waals surface area contributed by atoms with Gasteiger partial charge in [0.1, 0.15) is 11.5 Å². The highest BCUT2D eigenvalue weighted by Gasteiger charge is 2.26. The van der Waals surface area contributed by atoms with Gasteiger partial charge in [-0.2, -0.15) is 0 Å². The third-order valence-electron chi connectivity index (χ3n) is 5.63. The molecule has 1 aliphatic heterocycles. The Balaban J connectivity index is 1.29. The van der Waals surface area contributed by atoms with Crippen molar-refractivity contribution < 1.29 is 14.0 Å². The fourth-order valence-corrected chi connectivity index (χ4v) is 4.74. The Morgan fingerprint density at radius 3 is 2.50 bits per heavy atom. The van der Waals surface area contributed by atoms with Crippen molar-refractivity contribution in [3.05, 3.63) is 82.1 Å². The third kappa shape index (κ3) is 5.31. The molecule has 0 spiro atoms. The van der Waals surface area contributed by atoms with E-state index < -0.39 is 0 Å². The number of benzene rings is 2. The molecule has 0 unspecified atom stereocenters. The number of halogens is 1. The summed E-state index contributed by atoms with van der Waals surface area (Å²) >= 11 is 1.49. The van der Waals surface area contributed by atoms with Crippen molar-refractivity contribution in [1.82, 2.24) is 15.3 Å². The predicted molar refractivity (Wildman–Crippen MR) is 123 cm³/mol. The maximum absolute atomic E-state index is 13.0. The van der Waals surface area contributed by atoms with Crippen LogP contribution in [0.1, 0.15) is 39.8 Å². The van der Waals surface area contributed by atoms with Crippen LogP contribution in [0.25, 0.3) is 0 Å². The van der Waals surface area contributed by atoms with Gasteiger partial charge in [0.05, 0.1) is 17.1 Å². The summed E-state index contributed by atoms with van der Waals surface area (Å²) in [4.78, 5) is 31.6. The van der Waals surface area contributed by atoms with E-state index in [-0.39, 0.29) is 30.0 Å². The molecule has 8 heteroatoms. The number of aromatic nitrogens is 1. The van der Waals surface area contributed by atoms with Gasteiger partial charge in [-0.05, 0) is 42.7 Å². The average molecular weight is 453 g/mol. The number of hydrazine groups is 1. The zero-order valence-electron chi connectivity index (χ0n) is 17.8. The number of likely N-dealkylation sites (tertiary alicyclic amines) is 1. The lowest BCUT2D eigenvalue weighted by molar-refractivity contribution is -0.131. The largest absolute Gasteiger partial charge is 0.342 e. The Bertz CT molecular complexity index is 1060. The molecule has 1 aromatic heterocycles. The molecule has 1 fully saturated rings. The summed E-state index contributed by atoms with van der Waals surface area (Å²) in [6.45, 7) is 1.31. The Morgan fingerprint density at radius 1 is 1.12 bits per heavy atom. The van der Waals surface area contributed by atoms with Gasteiger partial charge in [-0.1, -0.05) is 30.3 Å². The number of carbonyl (C=O) groups excluding carboxylic acids is 2. The smallest absolute Gasteiger partial charge is 0.289 e. The summed E-state index contributed by atoms with van der Waals surface area (Å²) in [6, 6.07) is 15.6. The molecule has 2 aromatic carbocycles. The van der Waals surface area contributed by atoms with Crippen molar-refractivity contribution in [1.29, 1.82) is 0 Å². The molecule has 0 bridgehead atoms. The van der Waals surface area contributed by atoms with Crippen LogP contribution >= 0.6 is 11.3 Å². The molecular weight excluding hydrogens is 427 g/mol. The number of anilines is 1. The van der Waals surface area contributed by atoms with E-state index in [4.69, 9.17) is 0 Å². The van der Waals surface area contributed by atoms with Crippen LogP contribution < -0.4 is 10.4 Å². The Hall–Kier alpha value is -3.26. The molecule has 1 N–H and O–H groups in total. The van der Waals surface area contributed by atoms with Crippen LogP contribution in [0, 0.1) is 5.82 Å². The number of carbonyl (C=O) groups is 2. The lowest BCUT2D eigenvalue weighted by Gasteiger charge is -2.31. The third-order valence-corrected chi connectivity index (χ3v) is 6.64. The Labute approximate surface area is 190 Å². The van der Waals surface area contributed by atoms with Crippen molar-refractivity contribution in [2.24, 2.45) is 0 Å². The minimum Gasteiger partial charge on any atom is -0.342 e. The molecule has 0 atom stereocenters. The van der Waals surface area contributed by atoms with E-state index in [1.165, 1.54) is 23.5 Å². The summed E-state index contributed by atoms with van der Waals surface area (Å²) in [5.74, 6) is -0.252. The highest BCUT2D eigenvalue weighted by Crippen LogP contribution is 2.30. The molecular formula is C24H25FN4O2S. The number of hydrogen-bond donors (Lipinski definition) is 1. The predicted octanol–water partition coefficient (Wildman–Crippen LogP) is 4.01. The van der Waals surface area contributed by atoms with Crippen LogP contribution in [-0.4, -0.2) is 41.8 Å². The van der Waals surface area contributed by atoms with E-state index >= 15 is 0 Å². The van der Waals surface area contributed by atoms with Gasteiger partial charge in [0, 0.05) is 31.4 Å². The van der Waals surface area contributed by atoms with Crippen molar-refractivity contribution >= 4 is 28.8 Å². The second-order valence-corrected chi connectivity index (χ2v) is 8.75. The topological polar surface area (TPSA) is 65.5 Å². The second-order valence-electron chi connectivity index (χ2n) is 7.86. The molecule has 2 amide bonds. The fraction of sp³-hybridized carbons (Fsp3) is 0.292. The molecule has 4 rings (SSSR count). The van der Waals surface area contributed by atoms with E-state index in [2.05, 4.69) is 10.4 Å². The zero-order valence-corrected chi connectivity index (χ0v) is 18.6. The molecule has 0 aliphatic carbocycles. The maximum Gasteiger partial charge on any atom is 0.289 e. The van der Waals surface area contributed by atoms with Crippen molar-refractivity contribution in [3.63, 3.8) is 0 Å². The van der Waals surface area contributed by atoms with Crippen LogP contribution in [0.3, 0.4) is 0 Å². The lowest BCUT2D eigenvalue weighted by atomic mass is 9.97. The van der Waals surface area contributed by atoms with Gasteiger partial charge in [0.2, 0.25) is 5.91 Å². The van der Waals surface area contributed by atoms with Crippen LogP contribution in [0.15, 0.2) is 60.0 Å². The van der Waals surface area contributed by atoms with E-state index in [9.17, 15) is 14.0 Å². The first-order valence-electron chi connectivity index (χ1n) is 10.6. The van der Waals surface area contributed by atoms with Crippen LogP contribution in [0.5, 0.6) is 0 Å². The monoisotopic (exact) mass is 452 g/mol. The summed E-state index contributed by atoms with van der Waals surface area (Å²) in [7, 11) is 1.79. The van der Waals surface area contributed by atoms with Gasteiger partial charge in [-0.3, -0.25) is 20.0 Å². The number of nitrogens with zero attached hydrogens (tertiary/aromatic N) is 3. The molecule has 0 saturated carbocycles. The van der Waals surface area contributed by atoms with Crippen molar-refractivity contribution in [3.8, 4) is 0 Å². The molecule has 2 heterocycles. The molecule has 166 valence electrons. The number of rotatable bonds is 6. The quantitative estimate of drug-likeness (QED) is 0.574. The van der Waals surface area contributed by atoms with Crippen molar-refractivity contribution in [2.45, 2.75) is 25.2 Å². The SMILES string of the molecule is CN(NC(=O)c1csc(C2CCN(C(=O)Cc3ccc(F)cc3)CC2)n1)c1ccccc1. The average Bonchev–Trinajstić information content (AvgIpc) is 3.32. The Morgan fingerprint density at radius 2 is 1.81 bits per heavy atom. The van der Waals surface area contributed by atoms with E-state index in [1.54, 1.807) is 29.6 Å². The first kappa shape index (κ1) is 22.0. The second kappa shape index (κ2) is 9.91. The van der Waals surface area contributed by atoms with Gasteiger partial charge in [0.15, 0.2) is 0 Å². The number of hydrogen-bond acceptors (Lipinski definition) is 5. The first-order valence-corrected chi connectivity index (χ1v) is 11.4. The minimum absolute atomic E-state index is 0.0539. The van der Waals surface area contributed by atoms with Gasteiger partial charge in [-0.25, -0.2) is 9.37 Å². The number of para-hydroxylation sites is 1. The molecule has 1 saturated heterocycles. The lowest BCUT2D eigenvalue weighted by Crippen LogP contribution is -2.39. The summed E-state index contributed by atoms with van der Waals surface area (Å²) in [6.07, 6.45) is 1.91. The molecule has 3 aromatic rings. The zero-order chi connectivity index (χ0) is 22.5. The molecule has 1 aliphatic rings. The summed E-state index contributed by atoms with van der Waals surface area (Å²) in [5.41, 5.74) is 4.94. The van der Waals surface area contributed by atoms with Crippen LogP contribution in [-0.2, 0) is 11.2 Å². The summed E-state index contributed by atoms with van der Waals surface area (Å²) < 4.78 is 13.0. The minimum atomic E-state index is -0.301. The first-order chi connectivity index (χ1) is 15.5.